The molecular formula is C25H30FN5O2. The normalized spacial score (nSPS) is 18.5. The van der Waals surface area contributed by atoms with Crippen LogP contribution in [-0.2, 0) is 11.3 Å². The van der Waals surface area contributed by atoms with Gasteiger partial charge in [0.25, 0.3) is 5.91 Å². The number of nitrogens with one attached hydrogen (secondary N) is 1. The van der Waals surface area contributed by atoms with Crippen molar-refractivity contribution in [3.63, 3.8) is 0 Å². The van der Waals surface area contributed by atoms with Gasteiger partial charge in [0.05, 0.1) is 35.3 Å². The maximum atomic E-state index is 13.3. The lowest BCUT2D eigenvalue weighted by atomic mass is 10.00. The lowest BCUT2D eigenvalue weighted by Gasteiger charge is -2.34. The van der Waals surface area contributed by atoms with Crippen LogP contribution in [0.4, 0.5) is 4.39 Å². The van der Waals surface area contributed by atoms with E-state index in [4.69, 9.17) is 15.5 Å². The smallest absolute Gasteiger partial charge is 0.254 e. The lowest BCUT2D eigenvalue weighted by Crippen LogP contribution is -2.51. The van der Waals surface area contributed by atoms with E-state index in [0.29, 0.717) is 17.2 Å². The van der Waals surface area contributed by atoms with Crippen molar-refractivity contribution < 1.29 is 13.9 Å². The van der Waals surface area contributed by atoms with E-state index < -0.39 is 6.17 Å². The number of benzene rings is 1. The van der Waals surface area contributed by atoms with Crippen LogP contribution < -0.4 is 11.1 Å². The Morgan fingerprint density at radius 1 is 1.21 bits per heavy atom. The molecule has 2 saturated heterocycles. The standard InChI is InChI=1S/C25H30FN5O2/c1-15(27)23(28-2)18-10-22-24(29-11-18)20-4-3-17(25(32)30-13-19(26)14-30)9-21(20)31(22)12-16-5-7-33-8-6-16/h3-4,9-11,16,19,28H,5-8,12-14,27H2,1-2H3/b23-15-. The topological polar surface area (TPSA) is 85.4 Å². The first kappa shape index (κ1) is 21.7. The van der Waals surface area contributed by atoms with E-state index in [1.54, 1.807) is 4.90 Å². The number of allylic oxidation sites excluding steroid dienone is 1. The number of alkyl halides is 1. The van der Waals surface area contributed by atoms with Gasteiger partial charge in [-0.05, 0) is 49.9 Å². The summed E-state index contributed by atoms with van der Waals surface area (Å²) in [6, 6.07) is 7.85. The number of carbonyl (C=O) groups is 1. The van der Waals surface area contributed by atoms with Gasteiger partial charge in [-0.1, -0.05) is 0 Å². The Morgan fingerprint density at radius 2 is 1.94 bits per heavy atom. The minimum atomic E-state index is -0.916. The number of halogens is 1. The minimum Gasteiger partial charge on any atom is -0.401 e. The second kappa shape index (κ2) is 8.67. The summed E-state index contributed by atoms with van der Waals surface area (Å²) in [5.41, 5.74) is 12.0. The summed E-state index contributed by atoms with van der Waals surface area (Å²) in [5.74, 6) is 0.361. The molecule has 174 valence electrons. The molecule has 1 amide bonds. The Balaban J connectivity index is 1.65. The third kappa shape index (κ3) is 3.93. The van der Waals surface area contributed by atoms with E-state index in [-0.39, 0.29) is 19.0 Å². The molecule has 3 aromatic rings. The average molecular weight is 452 g/mol. The summed E-state index contributed by atoms with van der Waals surface area (Å²) < 4.78 is 21.2. The minimum absolute atomic E-state index is 0.124. The van der Waals surface area contributed by atoms with Crippen LogP contribution in [0.15, 0.2) is 36.2 Å². The molecule has 2 aliphatic heterocycles. The molecular weight excluding hydrogens is 421 g/mol. The first-order chi connectivity index (χ1) is 16.0. The number of amides is 1. The zero-order valence-electron chi connectivity index (χ0n) is 19.1. The van der Waals surface area contributed by atoms with E-state index in [0.717, 1.165) is 65.8 Å². The highest BCUT2D eigenvalue weighted by atomic mass is 19.1. The van der Waals surface area contributed by atoms with Gasteiger partial charge in [0.15, 0.2) is 0 Å². The zero-order chi connectivity index (χ0) is 23.1. The number of aromatic nitrogens is 2. The van der Waals surface area contributed by atoms with Gasteiger partial charge in [-0.2, -0.15) is 0 Å². The van der Waals surface area contributed by atoms with Crippen molar-refractivity contribution >= 4 is 33.5 Å². The lowest BCUT2D eigenvalue weighted by molar-refractivity contribution is 0.0400. The zero-order valence-corrected chi connectivity index (χ0v) is 19.1. The van der Waals surface area contributed by atoms with Gasteiger partial charge in [-0.15, -0.1) is 0 Å². The molecule has 2 aliphatic rings. The second-order valence-corrected chi connectivity index (χ2v) is 9.11. The molecule has 2 aromatic heterocycles. The molecule has 0 bridgehead atoms. The van der Waals surface area contributed by atoms with E-state index in [1.807, 2.05) is 38.4 Å². The van der Waals surface area contributed by atoms with Crippen LogP contribution in [0.25, 0.3) is 27.6 Å². The van der Waals surface area contributed by atoms with Crippen molar-refractivity contribution in [3.8, 4) is 0 Å². The summed E-state index contributed by atoms with van der Waals surface area (Å²) in [6.45, 7) is 4.57. The fourth-order valence-corrected chi connectivity index (χ4v) is 4.95. The number of hydrogen-bond acceptors (Lipinski definition) is 5. The van der Waals surface area contributed by atoms with Gasteiger partial charge in [0.2, 0.25) is 0 Å². The highest BCUT2D eigenvalue weighted by molar-refractivity contribution is 6.09. The molecule has 5 rings (SSSR count). The van der Waals surface area contributed by atoms with Gasteiger partial charge in [-0.25, -0.2) is 4.39 Å². The van der Waals surface area contributed by atoms with Gasteiger partial charge < -0.3 is 25.3 Å². The molecule has 0 unspecified atom stereocenters. The number of fused-ring (bicyclic) bond motifs is 3. The van der Waals surface area contributed by atoms with Crippen LogP contribution in [0, 0.1) is 5.92 Å². The number of hydrogen-bond donors (Lipinski definition) is 2. The summed E-state index contributed by atoms with van der Waals surface area (Å²) in [5, 5.41) is 4.18. The first-order valence-electron chi connectivity index (χ1n) is 11.5. The molecule has 33 heavy (non-hydrogen) atoms. The largest absolute Gasteiger partial charge is 0.401 e. The van der Waals surface area contributed by atoms with Gasteiger partial charge in [-0.3, -0.25) is 9.78 Å². The number of pyridine rings is 1. The molecule has 0 spiro atoms. The van der Waals surface area contributed by atoms with Crippen molar-refractivity contribution in [2.75, 3.05) is 33.4 Å². The Labute approximate surface area is 192 Å². The first-order valence-corrected chi connectivity index (χ1v) is 11.5. The van der Waals surface area contributed by atoms with E-state index in [1.165, 1.54) is 0 Å². The van der Waals surface area contributed by atoms with E-state index in [9.17, 15) is 9.18 Å². The highest BCUT2D eigenvalue weighted by Gasteiger charge is 2.31. The van der Waals surface area contributed by atoms with E-state index >= 15 is 0 Å². The van der Waals surface area contributed by atoms with Crippen molar-refractivity contribution in [3.05, 3.63) is 47.3 Å². The predicted octanol–water partition coefficient (Wildman–Crippen LogP) is 3.28. The van der Waals surface area contributed by atoms with Crippen molar-refractivity contribution in [2.45, 2.75) is 32.5 Å². The molecule has 4 heterocycles. The maximum absolute atomic E-state index is 13.3. The summed E-state index contributed by atoms with van der Waals surface area (Å²) >= 11 is 0. The molecule has 1 aromatic carbocycles. The predicted molar refractivity (Wildman–Crippen MR) is 127 cm³/mol. The van der Waals surface area contributed by atoms with Gasteiger partial charge in [0.1, 0.15) is 6.17 Å². The van der Waals surface area contributed by atoms with Crippen LogP contribution in [-0.4, -0.2) is 59.9 Å². The van der Waals surface area contributed by atoms with Crippen molar-refractivity contribution in [1.82, 2.24) is 19.8 Å². The Hall–Kier alpha value is -3.13. The molecule has 0 aliphatic carbocycles. The SMILES string of the molecule is CN/C(=C(/C)N)c1cnc2c3ccc(C(=O)N4CC(F)C4)cc3n(CC3CCOCC3)c2c1. The van der Waals surface area contributed by atoms with Gasteiger partial charge >= 0.3 is 0 Å². The monoisotopic (exact) mass is 451 g/mol. The summed E-state index contributed by atoms with van der Waals surface area (Å²) in [4.78, 5) is 19.2. The van der Waals surface area contributed by atoms with Crippen LogP contribution in [0.2, 0.25) is 0 Å². The second-order valence-electron chi connectivity index (χ2n) is 9.11. The Bertz CT molecular complexity index is 1230. The Kier molecular flexibility index (Phi) is 5.70. The molecule has 7 nitrogen and oxygen atoms in total. The average Bonchev–Trinajstić information content (AvgIpc) is 3.10. The van der Waals surface area contributed by atoms with Crippen LogP contribution >= 0.6 is 0 Å². The summed E-state index contributed by atoms with van der Waals surface area (Å²) in [7, 11) is 1.85. The number of likely N-dealkylation sites (tertiary alicyclic amines) is 1. The quantitative estimate of drug-likeness (QED) is 0.622. The van der Waals surface area contributed by atoms with Gasteiger partial charge in [0, 0.05) is 55.2 Å². The number of nitrogens with two attached hydrogens (primary N) is 1. The maximum Gasteiger partial charge on any atom is 0.254 e. The van der Waals surface area contributed by atoms with Crippen molar-refractivity contribution in [1.29, 1.82) is 0 Å². The van der Waals surface area contributed by atoms with Crippen LogP contribution in [0.3, 0.4) is 0 Å². The summed E-state index contributed by atoms with van der Waals surface area (Å²) in [6.07, 6.45) is 2.92. The van der Waals surface area contributed by atoms with Crippen LogP contribution in [0.5, 0.6) is 0 Å². The third-order valence-corrected chi connectivity index (χ3v) is 6.79. The fourth-order valence-electron chi connectivity index (χ4n) is 4.95. The third-order valence-electron chi connectivity index (χ3n) is 6.79. The van der Waals surface area contributed by atoms with Crippen molar-refractivity contribution in [2.24, 2.45) is 11.7 Å². The molecule has 3 N–H and O–H groups in total. The molecule has 0 radical (unpaired) electrons. The van der Waals surface area contributed by atoms with Crippen LogP contribution in [0.1, 0.15) is 35.7 Å². The highest BCUT2D eigenvalue weighted by Crippen LogP contribution is 2.33. The number of ether oxygens (including phenoxy) is 1. The fraction of sp³-hybridized carbons (Fsp3) is 0.440. The molecule has 8 heteroatoms. The molecule has 0 atom stereocenters. The number of carbonyl (C=O) groups excluding carboxylic acids is 1. The Morgan fingerprint density at radius 3 is 2.61 bits per heavy atom. The number of nitrogens with zero attached hydrogens (tertiary/aromatic N) is 3. The number of rotatable bonds is 5. The molecule has 0 saturated carbocycles. The molecule has 2 fully saturated rings. The van der Waals surface area contributed by atoms with E-state index in [2.05, 4.69) is 16.0 Å².